The lowest BCUT2D eigenvalue weighted by molar-refractivity contribution is -0.138. The summed E-state index contributed by atoms with van der Waals surface area (Å²) in [7, 11) is 1.91. The Morgan fingerprint density at radius 1 is 1.10 bits per heavy atom. The zero-order valence-electron chi connectivity index (χ0n) is 29.6. The largest absolute Gasteiger partial charge is 0.416 e. The van der Waals surface area contributed by atoms with E-state index in [2.05, 4.69) is 54.0 Å². The number of benzene rings is 1. The summed E-state index contributed by atoms with van der Waals surface area (Å²) in [6.07, 6.45) is -1.55. The van der Waals surface area contributed by atoms with E-state index >= 15 is 0 Å². The summed E-state index contributed by atoms with van der Waals surface area (Å²) in [5.41, 5.74) is 1.87. The molecule has 0 unspecified atom stereocenters. The summed E-state index contributed by atoms with van der Waals surface area (Å²) in [6, 6.07) is 6.31. The predicted octanol–water partition coefficient (Wildman–Crippen LogP) is 7.06. The van der Waals surface area contributed by atoms with Crippen molar-refractivity contribution in [3.63, 3.8) is 0 Å². The number of hydrogen-bond donors (Lipinski definition) is 1. The molecule has 0 aliphatic carbocycles. The van der Waals surface area contributed by atoms with Gasteiger partial charge >= 0.3 is 6.18 Å². The van der Waals surface area contributed by atoms with Crippen LogP contribution in [-0.2, 0) is 15.3 Å². The first-order valence-corrected chi connectivity index (χ1v) is 19.7. The van der Waals surface area contributed by atoms with Crippen LogP contribution in [0.3, 0.4) is 0 Å². The fraction of sp³-hybridized carbons (Fsp3) is 0.618. The number of piperidine rings is 1. The second-order valence-corrected chi connectivity index (χ2v) is 19.4. The standard InChI is InChI=1S/C34H51F3N8O2Si/c1-24-31(45-32(39-24)28(38-23-42(5)6)22-29(41-45)44-17-19-46-20-18-44)40-27-11-9-10-26(34(35,36)37)30(27)25-12-14-43(15-13-25)16-21-47-48(7,8)33(2,3)4/h9-11,22-23,25,40H,12-21H2,1-8H3. The van der Waals surface area contributed by atoms with Crippen molar-refractivity contribution in [3.8, 4) is 0 Å². The molecule has 5 rings (SSSR count). The molecule has 10 nitrogen and oxygen atoms in total. The number of morpholine rings is 1. The number of rotatable bonds is 10. The molecule has 1 N–H and O–H groups in total. The topological polar surface area (TPSA) is 82.8 Å². The Morgan fingerprint density at radius 2 is 1.79 bits per heavy atom. The van der Waals surface area contributed by atoms with E-state index in [4.69, 9.17) is 19.2 Å². The Labute approximate surface area is 283 Å². The first-order valence-electron chi connectivity index (χ1n) is 16.8. The maximum atomic E-state index is 14.6. The van der Waals surface area contributed by atoms with Gasteiger partial charge in [-0.15, -0.1) is 5.10 Å². The predicted molar refractivity (Wildman–Crippen MR) is 189 cm³/mol. The maximum Gasteiger partial charge on any atom is 0.416 e. The number of aromatic nitrogens is 3. The number of imidazole rings is 1. The SMILES string of the molecule is Cc1nc2c(N=CN(C)C)cc(N3CCOCC3)nn2c1Nc1cccc(C(F)(F)F)c1C1CCN(CCO[Si](C)(C)C(C)(C)C)CC1. The van der Waals surface area contributed by atoms with E-state index in [-0.39, 0.29) is 11.0 Å². The number of aryl methyl sites for hydroxylation is 1. The number of anilines is 3. The highest BCUT2D eigenvalue weighted by atomic mass is 28.4. The monoisotopic (exact) mass is 688 g/mol. The van der Waals surface area contributed by atoms with Crippen molar-refractivity contribution >= 4 is 43.3 Å². The summed E-state index contributed by atoms with van der Waals surface area (Å²) in [4.78, 5) is 15.7. The van der Waals surface area contributed by atoms with Crippen molar-refractivity contribution in [1.29, 1.82) is 0 Å². The molecule has 0 spiro atoms. The molecule has 14 heteroatoms. The van der Waals surface area contributed by atoms with Gasteiger partial charge in [0.05, 0.1) is 30.8 Å². The van der Waals surface area contributed by atoms with E-state index in [1.54, 1.807) is 16.9 Å². The summed E-state index contributed by atoms with van der Waals surface area (Å²) in [5, 5.41) is 8.43. The molecule has 2 saturated heterocycles. The number of nitrogens with zero attached hydrogens (tertiary/aromatic N) is 7. The molecule has 2 aliphatic rings. The summed E-state index contributed by atoms with van der Waals surface area (Å²) in [5.74, 6) is 0.952. The Balaban J connectivity index is 1.45. The number of fused-ring (bicyclic) bond motifs is 1. The molecule has 2 aromatic heterocycles. The summed E-state index contributed by atoms with van der Waals surface area (Å²) in [6.45, 7) is 18.3. The number of hydrogen-bond acceptors (Lipinski definition) is 8. The van der Waals surface area contributed by atoms with E-state index < -0.39 is 20.1 Å². The fourth-order valence-electron chi connectivity index (χ4n) is 6.04. The lowest BCUT2D eigenvalue weighted by atomic mass is 9.85. The van der Waals surface area contributed by atoms with Gasteiger partial charge < -0.3 is 29.2 Å². The highest BCUT2D eigenvalue weighted by Crippen LogP contribution is 2.44. The van der Waals surface area contributed by atoms with Crippen LogP contribution < -0.4 is 10.2 Å². The Morgan fingerprint density at radius 3 is 2.42 bits per heavy atom. The number of ether oxygens (including phenoxy) is 1. The second-order valence-electron chi connectivity index (χ2n) is 14.6. The van der Waals surface area contributed by atoms with Crippen molar-refractivity contribution < 1.29 is 22.3 Å². The zero-order valence-corrected chi connectivity index (χ0v) is 30.6. The Hall–Kier alpha value is -3.20. The van der Waals surface area contributed by atoms with Crippen molar-refractivity contribution in [1.82, 2.24) is 24.4 Å². The van der Waals surface area contributed by atoms with Gasteiger partial charge in [0.1, 0.15) is 5.69 Å². The maximum absolute atomic E-state index is 14.6. The minimum Gasteiger partial charge on any atom is -0.416 e. The van der Waals surface area contributed by atoms with Crippen LogP contribution in [0.2, 0.25) is 18.1 Å². The van der Waals surface area contributed by atoms with Gasteiger partial charge in [-0.05, 0) is 74.6 Å². The van der Waals surface area contributed by atoms with E-state index in [0.717, 1.165) is 6.54 Å². The van der Waals surface area contributed by atoms with Crippen molar-refractivity contribution in [2.75, 3.05) is 76.9 Å². The smallest absolute Gasteiger partial charge is 0.416 e. The van der Waals surface area contributed by atoms with Crippen LogP contribution >= 0.6 is 0 Å². The number of alkyl halides is 3. The molecular formula is C34H51F3N8O2Si. The third-order valence-electron chi connectivity index (χ3n) is 9.83. The molecule has 0 amide bonds. The third-order valence-corrected chi connectivity index (χ3v) is 14.4. The fourth-order valence-corrected chi connectivity index (χ4v) is 7.08. The van der Waals surface area contributed by atoms with Crippen LogP contribution in [-0.4, -0.2) is 106 Å². The molecule has 0 bridgehead atoms. The molecule has 0 saturated carbocycles. The first kappa shape index (κ1) is 36.1. The second kappa shape index (κ2) is 14.3. The molecule has 264 valence electrons. The average Bonchev–Trinajstić information content (AvgIpc) is 3.34. The van der Waals surface area contributed by atoms with Gasteiger partial charge in [-0.2, -0.15) is 17.7 Å². The van der Waals surface area contributed by atoms with Crippen LogP contribution in [0.5, 0.6) is 0 Å². The van der Waals surface area contributed by atoms with Crippen molar-refractivity contribution in [2.24, 2.45) is 4.99 Å². The molecule has 3 aromatic rings. The molecule has 48 heavy (non-hydrogen) atoms. The summed E-state index contributed by atoms with van der Waals surface area (Å²) >= 11 is 0. The number of nitrogens with one attached hydrogen (secondary N) is 1. The quantitative estimate of drug-likeness (QED) is 0.138. The molecule has 2 aliphatic heterocycles. The highest BCUT2D eigenvalue weighted by molar-refractivity contribution is 6.74. The Kier molecular flexibility index (Phi) is 10.8. The van der Waals surface area contributed by atoms with Gasteiger partial charge in [0, 0.05) is 52.1 Å². The lowest BCUT2D eigenvalue weighted by Gasteiger charge is -2.38. The van der Waals surface area contributed by atoms with Gasteiger partial charge in [0.15, 0.2) is 25.6 Å². The minimum atomic E-state index is -4.49. The first-order chi connectivity index (χ1) is 22.5. The molecular weight excluding hydrogens is 638 g/mol. The van der Waals surface area contributed by atoms with Gasteiger partial charge in [-0.3, -0.25) is 0 Å². The van der Waals surface area contributed by atoms with Crippen LogP contribution in [0, 0.1) is 6.92 Å². The van der Waals surface area contributed by atoms with E-state index in [1.165, 1.54) is 12.1 Å². The number of likely N-dealkylation sites (tertiary alicyclic amines) is 1. The molecule has 2 fully saturated rings. The van der Waals surface area contributed by atoms with Crippen LogP contribution in [0.1, 0.15) is 56.4 Å². The highest BCUT2D eigenvalue weighted by Gasteiger charge is 2.39. The van der Waals surface area contributed by atoms with E-state index in [1.807, 2.05) is 32.0 Å². The Bertz CT molecular complexity index is 1590. The van der Waals surface area contributed by atoms with Gasteiger partial charge in [0.2, 0.25) is 0 Å². The summed E-state index contributed by atoms with van der Waals surface area (Å²) < 4.78 is 57.4. The molecule has 0 radical (unpaired) electrons. The van der Waals surface area contributed by atoms with Gasteiger partial charge in [0.25, 0.3) is 0 Å². The minimum absolute atomic E-state index is 0.129. The number of halogens is 3. The third kappa shape index (κ3) is 8.15. The van der Waals surface area contributed by atoms with Gasteiger partial charge in [-0.25, -0.2) is 9.98 Å². The average molecular weight is 689 g/mol. The van der Waals surface area contributed by atoms with Crippen LogP contribution in [0.4, 0.5) is 36.2 Å². The van der Waals surface area contributed by atoms with Gasteiger partial charge in [-0.1, -0.05) is 26.8 Å². The van der Waals surface area contributed by atoms with Crippen molar-refractivity contribution in [3.05, 3.63) is 41.1 Å². The molecule has 4 heterocycles. The normalized spacial score (nSPS) is 17.5. The van der Waals surface area contributed by atoms with Crippen molar-refractivity contribution in [2.45, 2.75) is 70.8 Å². The van der Waals surface area contributed by atoms with Crippen LogP contribution in [0.25, 0.3) is 5.65 Å². The number of aliphatic imine (C=N–C) groups is 1. The van der Waals surface area contributed by atoms with E-state index in [9.17, 15) is 13.2 Å². The lowest BCUT2D eigenvalue weighted by Crippen LogP contribution is -2.43. The molecule has 1 aromatic carbocycles. The van der Waals surface area contributed by atoms with E-state index in [0.29, 0.717) is 98.8 Å². The zero-order chi connectivity index (χ0) is 34.9. The molecule has 0 atom stereocenters. The van der Waals surface area contributed by atoms with Crippen LogP contribution in [0.15, 0.2) is 29.3 Å².